The van der Waals surface area contributed by atoms with Gasteiger partial charge < -0.3 is 15.2 Å². The summed E-state index contributed by atoms with van der Waals surface area (Å²) in [6, 6.07) is 12.4. The van der Waals surface area contributed by atoms with E-state index in [0.717, 1.165) is 8.95 Å². The number of rotatable bonds is 7. The van der Waals surface area contributed by atoms with Crippen molar-refractivity contribution >= 4 is 72.7 Å². The number of thioether (sulfide) groups is 1. The summed E-state index contributed by atoms with van der Waals surface area (Å²) in [4.78, 5) is 24.5. The summed E-state index contributed by atoms with van der Waals surface area (Å²) in [7, 11) is 1.79. The molecular formula is C19H16Br2ClN5O2S. The molecule has 156 valence electrons. The minimum absolute atomic E-state index is 0.156. The van der Waals surface area contributed by atoms with Crippen LogP contribution in [0.25, 0.3) is 0 Å². The monoisotopic (exact) mass is 571 g/mol. The number of carbonyl (C=O) groups is 2. The number of amides is 2. The molecule has 3 rings (SSSR count). The summed E-state index contributed by atoms with van der Waals surface area (Å²) < 4.78 is 3.22. The molecule has 30 heavy (non-hydrogen) atoms. The van der Waals surface area contributed by atoms with E-state index in [1.54, 1.807) is 48.0 Å². The SMILES string of the molecule is Cn1c(CNC(=O)c2ccccc2Br)nnc1SCC(=O)Nc1ccc(Br)c(Cl)c1. The molecule has 0 aliphatic heterocycles. The Morgan fingerprint density at radius 2 is 1.90 bits per heavy atom. The van der Waals surface area contributed by atoms with Crippen molar-refractivity contribution < 1.29 is 9.59 Å². The second kappa shape index (κ2) is 10.4. The van der Waals surface area contributed by atoms with Crippen molar-refractivity contribution in [3.8, 4) is 0 Å². The maximum atomic E-state index is 12.3. The first-order valence-corrected chi connectivity index (χ1v) is 11.6. The molecule has 0 saturated heterocycles. The van der Waals surface area contributed by atoms with Crippen LogP contribution >= 0.6 is 55.2 Å². The van der Waals surface area contributed by atoms with Gasteiger partial charge >= 0.3 is 0 Å². The fourth-order valence-electron chi connectivity index (χ4n) is 2.43. The molecule has 3 aromatic rings. The van der Waals surface area contributed by atoms with Gasteiger partial charge in [-0.2, -0.15) is 0 Å². The highest BCUT2D eigenvalue weighted by atomic mass is 79.9. The smallest absolute Gasteiger partial charge is 0.252 e. The van der Waals surface area contributed by atoms with E-state index in [2.05, 4.69) is 52.7 Å². The van der Waals surface area contributed by atoms with Gasteiger partial charge in [0.15, 0.2) is 11.0 Å². The van der Waals surface area contributed by atoms with Gasteiger partial charge in [0.05, 0.1) is 22.9 Å². The topological polar surface area (TPSA) is 88.9 Å². The van der Waals surface area contributed by atoms with Crippen LogP contribution < -0.4 is 10.6 Å². The number of anilines is 1. The molecule has 0 bridgehead atoms. The fraction of sp³-hybridized carbons (Fsp3) is 0.158. The van der Waals surface area contributed by atoms with Gasteiger partial charge in [-0.05, 0) is 62.2 Å². The zero-order chi connectivity index (χ0) is 21.7. The quantitative estimate of drug-likeness (QED) is 0.402. The van der Waals surface area contributed by atoms with Crippen LogP contribution in [-0.2, 0) is 18.4 Å². The third-order valence-electron chi connectivity index (χ3n) is 3.99. The van der Waals surface area contributed by atoms with E-state index < -0.39 is 0 Å². The summed E-state index contributed by atoms with van der Waals surface area (Å²) in [6.45, 7) is 0.216. The molecule has 0 atom stereocenters. The van der Waals surface area contributed by atoms with Crippen molar-refractivity contribution in [3.63, 3.8) is 0 Å². The van der Waals surface area contributed by atoms with Crippen LogP contribution in [0.3, 0.4) is 0 Å². The number of halogens is 3. The number of nitrogens with zero attached hydrogens (tertiary/aromatic N) is 3. The predicted molar refractivity (Wildman–Crippen MR) is 125 cm³/mol. The zero-order valence-corrected chi connectivity index (χ0v) is 20.4. The molecule has 2 aromatic carbocycles. The van der Waals surface area contributed by atoms with Gasteiger partial charge in [0.2, 0.25) is 5.91 Å². The first-order valence-electron chi connectivity index (χ1n) is 8.64. The van der Waals surface area contributed by atoms with Gasteiger partial charge in [-0.15, -0.1) is 10.2 Å². The van der Waals surface area contributed by atoms with E-state index in [-0.39, 0.29) is 24.1 Å². The standard InChI is InChI=1S/C19H16Br2ClN5O2S/c1-27-16(9-23-18(29)12-4-2-3-5-13(12)20)25-26-19(27)30-10-17(28)24-11-6-7-14(21)15(22)8-11/h2-8H,9-10H2,1H3,(H,23,29)(H,24,28). The molecule has 1 aromatic heterocycles. The number of hydrogen-bond donors (Lipinski definition) is 2. The Morgan fingerprint density at radius 1 is 1.13 bits per heavy atom. The molecule has 0 unspecified atom stereocenters. The van der Waals surface area contributed by atoms with Gasteiger partial charge in [0.1, 0.15) is 0 Å². The number of carbonyl (C=O) groups excluding carboxylic acids is 2. The molecule has 0 radical (unpaired) electrons. The molecule has 7 nitrogen and oxygen atoms in total. The van der Waals surface area contributed by atoms with E-state index in [4.69, 9.17) is 11.6 Å². The van der Waals surface area contributed by atoms with Crippen molar-refractivity contribution in [1.29, 1.82) is 0 Å². The lowest BCUT2D eigenvalue weighted by Gasteiger charge is -2.08. The van der Waals surface area contributed by atoms with Crippen molar-refractivity contribution in [2.45, 2.75) is 11.7 Å². The Kier molecular flexibility index (Phi) is 7.93. The molecular weight excluding hydrogens is 558 g/mol. The molecule has 2 amide bonds. The average Bonchev–Trinajstić information content (AvgIpc) is 3.07. The average molecular weight is 574 g/mol. The van der Waals surface area contributed by atoms with E-state index in [1.165, 1.54) is 11.8 Å². The van der Waals surface area contributed by atoms with Crippen molar-refractivity contribution in [2.24, 2.45) is 7.05 Å². The Balaban J connectivity index is 1.53. The van der Waals surface area contributed by atoms with E-state index in [0.29, 0.717) is 27.3 Å². The van der Waals surface area contributed by atoms with Crippen LogP contribution in [0.2, 0.25) is 5.02 Å². The second-order valence-corrected chi connectivity index (χ2v) is 9.14. The van der Waals surface area contributed by atoms with E-state index >= 15 is 0 Å². The maximum Gasteiger partial charge on any atom is 0.252 e. The molecule has 0 fully saturated rings. The van der Waals surface area contributed by atoms with E-state index in [9.17, 15) is 9.59 Å². The predicted octanol–water partition coefficient (Wildman–Crippen LogP) is 4.65. The molecule has 0 aliphatic rings. The number of benzene rings is 2. The molecule has 0 aliphatic carbocycles. The number of aromatic nitrogens is 3. The Hall–Kier alpha value is -1.88. The second-order valence-electron chi connectivity index (χ2n) is 6.09. The minimum atomic E-state index is -0.216. The van der Waals surface area contributed by atoms with Crippen molar-refractivity contribution in [2.75, 3.05) is 11.1 Å². The lowest BCUT2D eigenvalue weighted by atomic mass is 10.2. The summed E-state index contributed by atoms with van der Waals surface area (Å²) >= 11 is 14.0. The van der Waals surface area contributed by atoms with Gasteiger partial charge in [-0.1, -0.05) is 35.5 Å². The highest BCUT2D eigenvalue weighted by Gasteiger charge is 2.14. The fourth-order valence-corrected chi connectivity index (χ4v) is 4.05. The first kappa shape index (κ1) is 22.8. The van der Waals surface area contributed by atoms with Gasteiger partial charge in [-0.3, -0.25) is 9.59 Å². The van der Waals surface area contributed by atoms with Gasteiger partial charge in [0.25, 0.3) is 5.91 Å². The lowest BCUT2D eigenvalue weighted by molar-refractivity contribution is -0.113. The van der Waals surface area contributed by atoms with Crippen LogP contribution in [-0.4, -0.2) is 32.3 Å². The van der Waals surface area contributed by atoms with E-state index in [1.807, 2.05) is 6.07 Å². The van der Waals surface area contributed by atoms with Crippen LogP contribution in [0.5, 0.6) is 0 Å². The molecule has 11 heteroatoms. The molecule has 2 N–H and O–H groups in total. The normalized spacial score (nSPS) is 10.7. The third-order valence-corrected chi connectivity index (χ3v) is 6.93. The van der Waals surface area contributed by atoms with Gasteiger partial charge in [0, 0.05) is 21.7 Å². The summed E-state index contributed by atoms with van der Waals surface area (Å²) in [6.07, 6.45) is 0. The van der Waals surface area contributed by atoms with Gasteiger partial charge in [-0.25, -0.2) is 0 Å². The van der Waals surface area contributed by atoms with Crippen LogP contribution in [0.15, 0.2) is 56.6 Å². The highest BCUT2D eigenvalue weighted by molar-refractivity contribution is 9.10. The highest BCUT2D eigenvalue weighted by Crippen LogP contribution is 2.26. The minimum Gasteiger partial charge on any atom is -0.345 e. The van der Waals surface area contributed by atoms with Crippen molar-refractivity contribution in [1.82, 2.24) is 20.1 Å². The summed E-state index contributed by atoms with van der Waals surface area (Å²) in [5.74, 6) is 0.332. The zero-order valence-electron chi connectivity index (χ0n) is 15.7. The maximum absolute atomic E-state index is 12.3. The third kappa shape index (κ3) is 5.84. The Bertz CT molecular complexity index is 1090. The largest absolute Gasteiger partial charge is 0.345 e. The van der Waals surface area contributed by atoms with Crippen LogP contribution in [0, 0.1) is 0 Å². The molecule has 1 heterocycles. The summed E-state index contributed by atoms with van der Waals surface area (Å²) in [5, 5.41) is 14.9. The Labute approximate surface area is 199 Å². The lowest BCUT2D eigenvalue weighted by Crippen LogP contribution is -2.24. The first-order chi connectivity index (χ1) is 14.3. The van der Waals surface area contributed by atoms with Crippen LogP contribution in [0.4, 0.5) is 5.69 Å². The van der Waals surface area contributed by atoms with Crippen molar-refractivity contribution in [3.05, 3.63) is 67.8 Å². The van der Waals surface area contributed by atoms with Crippen LogP contribution in [0.1, 0.15) is 16.2 Å². The number of nitrogens with one attached hydrogen (secondary N) is 2. The molecule has 0 spiro atoms. The molecule has 0 saturated carbocycles. The summed E-state index contributed by atoms with van der Waals surface area (Å²) in [5.41, 5.74) is 1.15. The Morgan fingerprint density at radius 3 is 2.63 bits per heavy atom. The number of hydrogen-bond acceptors (Lipinski definition) is 5.